The highest BCUT2D eigenvalue weighted by molar-refractivity contribution is 5.75. The summed E-state index contributed by atoms with van der Waals surface area (Å²) in [5, 5.41) is 2.76. The van der Waals surface area contributed by atoms with E-state index in [1.54, 1.807) is 0 Å². The van der Waals surface area contributed by atoms with Gasteiger partial charge in [0.15, 0.2) is 0 Å². The first kappa shape index (κ1) is 9.47. The largest absolute Gasteiger partial charge is 0.356 e. The second-order valence-electron chi connectivity index (χ2n) is 2.89. The predicted molar refractivity (Wildman–Crippen MR) is 44.9 cm³/mol. The summed E-state index contributed by atoms with van der Waals surface area (Å²) >= 11 is 0. The lowest BCUT2D eigenvalue weighted by molar-refractivity contribution is -0.121. The average Bonchev–Trinajstić information content (AvgIpc) is 1.85. The normalized spacial score (nSPS) is 10.0. The molecule has 0 aliphatic heterocycles. The zero-order chi connectivity index (χ0) is 7.98. The molecule has 0 saturated carbocycles. The molecule has 0 aromatic rings. The van der Waals surface area contributed by atoms with Crippen LogP contribution in [0.5, 0.6) is 0 Å². The molecular weight excluding hydrogens is 126 g/mol. The highest BCUT2D eigenvalue weighted by Gasteiger charge is 2.00. The van der Waals surface area contributed by atoms with Gasteiger partial charge in [-0.25, -0.2) is 0 Å². The summed E-state index contributed by atoms with van der Waals surface area (Å²) in [7, 11) is 0. The second kappa shape index (κ2) is 5.27. The molecular formula is C8H19NO. The van der Waals surface area contributed by atoms with Crippen molar-refractivity contribution in [1.29, 1.82) is 0 Å². The smallest absolute Gasteiger partial charge is 0.219 e. The van der Waals surface area contributed by atoms with Gasteiger partial charge in [-0.15, -0.1) is 0 Å². The Morgan fingerprint density at radius 3 is 2.60 bits per heavy atom. The van der Waals surface area contributed by atoms with E-state index in [9.17, 15) is 4.79 Å². The minimum Gasteiger partial charge on any atom is -0.356 e. The third-order valence-electron chi connectivity index (χ3n) is 1.32. The zero-order valence-electron chi connectivity index (χ0n) is 7.11. The number of carbonyl (C=O) groups is 1. The molecule has 0 saturated heterocycles. The minimum absolute atomic E-state index is 0. The summed E-state index contributed by atoms with van der Waals surface area (Å²) in [6.07, 6.45) is 1.66. The van der Waals surface area contributed by atoms with Gasteiger partial charge in [0.25, 0.3) is 0 Å². The highest BCUT2D eigenvalue weighted by Crippen LogP contribution is 2.02. The van der Waals surface area contributed by atoms with Gasteiger partial charge >= 0.3 is 0 Å². The second-order valence-corrected chi connectivity index (χ2v) is 2.89. The van der Waals surface area contributed by atoms with Crippen molar-refractivity contribution < 1.29 is 6.22 Å². The lowest BCUT2D eigenvalue weighted by atomic mass is 10.1. The summed E-state index contributed by atoms with van der Waals surface area (Å²) in [5.74, 6) is 0.804. The summed E-state index contributed by atoms with van der Waals surface area (Å²) in [5.41, 5.74) is 0. The van der Waals surface area contributed by atoms with Gasteiger partial charge in [-0.05, 0) is 19.3 Å². The standard InChI is InChI=1S/C8H17NO.H2/c1-4-9-8(10)6-5-7(2)3;/h7H,4-6H2,1-3H3,(H,9,10);1H. The summed E-state index contributed by atoms with van der Waals surface area (Å²) in [4.78, 5) is 10.8. The molecule has 0 fully saturated rings. The van der Waals surface area contributed by atoms with Crippen LogP contribution in [0.2, 0.25) is 0 Å². The summed E-state index contributed by atoms with van der Waals surface area (Å²) < 4.78 is 0. The third kappa shape index (κ3) is 5.60. The molecule has 0 aliphatic rings. The van der Waals surface area contributed by atoms with E-state index < -0.39 is 0 Å². The molecule has 62 valence electrons. The van der Waals surface area contributed by atoms with Crippen LogP contribution in [0.3, 0.4) is 0 Å². The van der Waals surface area contributed by atoms with Gasteiger partial charge in [0.05, 0.1) is 0 Å². The van der Waals surface area contributed by atoms with Gasteiger partial charge in [0.1, 0.15) is 0 Å². The molecule has 0 unspecified atom stereocenters. The Morgan fingerprint density at radius 2 is 2.20 bits per heavy atom. The molecule has 0 atom stereocenters. The van der Waals surface area contributed by atoms with E-state index in [0.717, 1.165) is 13.0 Å². The van der Waals surface area contributed by atoms with Gasteiger partial charge in [0.2, 0.25) is 5.91 Å². The quantitative estimate of drug-likeness (QED) is 0.642. The van der Waals surface area contributed by atoms with Crippen molar-refractivity contribution in [2.45, 2.75) is 33.6 Å². The monoisotopic (exact) mass is 145 g/mol. The highest BCUT2D eigenvalue weighted by atomic mass is 16.1. The first-order chi connectivity index (χ1) is 4.66. The maximum atomic E-state index is 10.8. The van der Waals surface area contributed by atoms with Crippen LogP contribution in [0.25, 0.3) is 0 Å². The van der Waals surface area contributed by atoms with Gasteiger partial charge in [-0.3, -0.25) is 4.79 Å². The van der Waals surface area contributed by atoms with Crippen molar-refractivity contribution in [3.63, 3.8) is 0 Å². The molecule has 0 aliphatic carbocycles. The summed E-state index contributed by atoms with van der Waals surface area (Å²) in [6, 6.07) is 0. The van der Waals surface area contributed by atoms with E-state index in [4.69, 9.17) is 0 Å². The Bertz CT molecular complexity index is 104. The number of rotatable bonds is 4. The van der Waals surface area contributed by atoms with E-state index in [0.29, 0.717) is 12.3 Å². The fraction of sp³-hybridized carbons (Fsp3) is 0.875. The van der Waals surface area contributed by atoms with Crippen LogP contribution >= 0.6 is 0 Å². The first-order valence-corrected chi connectivity index (χ1v) is 3.93. The number of nitrogens with one attached hydrogen (secondary N) is 1. The minimum atomic E-state index is 0. The summed E-state index contributed by atoms with van der Waals surface area (Å²) in [6.45, 7) is 6.93. The van der Waals surface area contributed by atoms with Crippen molar-refractivity contribution in [2.75, 3.05) is 6.54 Å². The van der Waals surface area contributed by atoms with Crippen LogP contribution in [0, 0.1) is 5.92 Å². The molecule has 0 spiro atoms. The Hall–Kier alpha value is -0.530. The Balaban J connectivity index is 0. The number of hydrogen-bond donors (Lipinski definition) is 1. The third-order valence-corrected chi connectivity index (χ3v) is 1.32. The van der Waals surface area contributed by atoms with Crippen molar-refractivity contribution in [3.8, 4) is 0 Å². The van der Waals surface area contributed by atoms with E-state index in [2.05, 4.69) is 19.2 Å². The zero-order valence-corrected chi connectivity index (χ0v) is 7.11. The Kier molecular flexibility index (Phi) is 4.99. The first-order valence-electron chi connectivity index (χ1n) is 3.93. The Morgan fingerprint density at radius 1 is 1.60 bits per heavy atom. The topological polar surface area (TPSA) is 29.1 Å². The fourth-order valence-electron chi connectivity index (χ4n) is 0.705. The van der Waals surface area contributed by atoms with Gasteiger partial charge in [-0.2, -0.15) is 0 Å². The predicted octanol–water partition coefficient (Wildman–Crippen LogP) is 1.80. The van der Waals surface area contributed by atoms with Crippen molar-refractivity contribution in [1.82, 2.24) is 5.32 Å². The van der Waals surface area contributed by atoms with Crippen molar-refractivity contribution in [3.05, 3.63) is 0 Å². The molecule has 0 aromatic heterocycles. The SMILES string of the molecule is CCNC(=O)CCC(C)C.[HH]. The number of amides is 1. The van der Waals surface area contributed by atoms with Crippen molar-refractivity contribution in [2.24, 2.45) is 5.92 Å². The molecule has 0 bridgehead atoms. The number of carbonyl (C=O) groups excluding carboxylic acids is 1. The van der Waals surface area contributed by atoms with Crippen LogP contribution in [-0.4, -0.2) is 12.5 Å². The maximum absolute atomic E-state index is 10.8. The van der Waals surface area contributed by atoms with Gasteiger partial charge in [0, 0.05) is 14.4 Å². The molecule has 0 heterocycles. The van der Waals surface area contributed by atoms with Crippen LogP contribution in [0.4, 0.5) is 0 Å². The molecule has 1 amide bonds. The van der Waals surface area contributed by atoms with E-state index in [-0.39, 0.29) is 7.33 Å². The van der Waals surface area contributed by atoms with Crippen LogP contribution in [0.15, 0.2) is 0 Å². The van der Waals surface area contributed by atoms with E-state index in [1.807, 2.05) is 6.92 Å². The lowest BCUT2D eigenvalue weighted by Crippen LogP contribution is -2.22. The molecule has 0 rings (SSSR count). The fourth-order valence-corrected chi connectivity index (χ4v) is 0.705. The average molecular weight is 145 g/mol. The molecule has 10 heavy (non-hydrogen) atoms. The lowest BCUT2D eigenvalue weighted by Gasteiger charge is -2.03. The molecule has 1 N–H and O–H groups in total. The maximum Gasteiger partial charge on any atom is 0.219 e. The van der Waals surface area contributed by atoms with E-state index >= 15 is 0 Å². The van der Waals surface area contributed by atoms with Gasteiger partial charge < -0.3 is 5.32 Å². The Labute approximate surface area is 64.5 Å². The van der Waals surface area contributed by atoms with E-state index in [1.165, 1.54) is 0 Å². The molecule has 2 heteroatoms. The van der Waals surface area contributed by atoms with Crippen LogP contribution < -0.4 is 5.32 Å². The van der Waals surface area contributed by atoms with Crippen LogP contribution in [-0.2, 0) is 4.79 Å². The molecule has 2 nitrogen and oxygen atoms in total. The van der Waals surface area contributed by atoms with Crippen molar-refractivity contribution >= 4 is 5.91 Å². The molecule has 0 aromatic carbocycles. The number of hydrogen-bond acceptors (Lipinski definition) is 1. The van der Waals surface area contributed by atoms with Gasteiger partial charge in [-0.1, -0.05) is 13.8 Å². The molecule has 0 radical (unpaired) electrons. The van der Waals surface area contributed by atoms with Crippen LogP contribution in [0.1, 0.15) is 35.0 Å².